The maximum Gasteiger partial charge on any atom is 0.319 e. The molecule has 0 bridgehead atoms. The summed E-state index contributed by atoms with van der Waals surface area (Å²) < 4.78 is 0. The number of benzene rings is 1. The van der Waals surface area contributed by atoms with Gasteiger partial charge in [-0.15, -0.1) is 0 Å². The Morgan fingerprint density at radius 1 is 1.24 bits per heavy atom. The number of rotatable bonds is 3. The van der Waals surface area contributed by atoms with E-state index in [1.807, 2.05) is 24.3 Å². The number of nitrogens with one attached hydrogen (secondary N) is 2. The molecule has 0 atom stereocenters. The average Bonchev–Trinajstić information content (AvgIpc) is 2.26. The maximum atomic E-state index is 11.4. The smallest absolute Gasteiger partial charge is 0.319 e. The zero-order valence-corrected chi connectivity index (χ0v) is 10.7. The van der Waals surface area contributed by atoms with Crippen LogP contribution in [-0.2, 0) is 5.41 Å². The van der Waals surface area contributed by atoms with Crippen molar-refractivity contribution in [1.82, 2.24) is 5.32 Å². The normalized spacial score (nSPS) is 11.1. The lowest BCUT2D eigenvalue weighted by Crippen LogP contribution is -2.32. The van der Waals surface area contributed by atoms with E-state index in [1.54, 1.807) is 0 Å². The molecule has 0 aromatic heterocycles. The number of hydrogen-bond acceptors (Lipinski definition) is 2. The second-order valence-electron chi connectivity index (χ2n) is 5.00. The van der Waals surface area contributed by atoms with Crippen molar-refractivity contribution in [2.45, 2.75) is 26.2 Å². The van der Waals surface area contributed by atoms with Crippen molar-refractivity contribution in [3.63, 3.8) is 0 Å². The maximum absolute atomic E-state index is 11.4. The minimum Gasteiger partial charge on any atom is -0.337 e. The van der Waals surface area contributed by atoms with Crippen LogP contribution in [0.5, 0.6) is 0 Å². The molecule has 0 saturated carbocycles. The molecule has 0 aliphatic rings. The summed E-state index contributed by atoms with van der Waals surface area (Å²) in [6.45, 7) is 7.39. The van der Waals surface area contributed by atoms with Gasteiger partial charge in [0.1, 0.15) is 0 Å². The molecule has 94 valence electrons. The molecule has 0 fully saturated rings. The lowest BCUT2D eigenvalue weighted by Gasteiger charge is -2.19. The molecule has 4 N–H and O–H groups in total. The van der Waals surface area contributed by atoms with Crippen LogP contribution in [0.25, 0.3) is 0 Å². The third-order valence-corrected chi connectivity index (χ3v) is 2.44. The number of amides is 2. The Hall–Kier alpha value is -1.55. The van der Waals surface area contributed by atoms with Crippen molar-refractivity contribution in [3.8, 4) is 0 Å². The molecular weight excluding hydrogens is 214 g/mol. The Morgan fingerprint density at radius 2 is 1.82 bits per heavy atom. The van der Waals surface area contributed by atoms with E-state index in [0.717, 1.165) is 5.69 Å². The first-order chi connectivity index (χ1) is 7.93. The number of hydrogen-bond donors (Lipinski definition) is 3. The zero-order valence-electron chi connectivity index (χ0n) is 10.7. The predicted octanol–water partition coefficient (Wildman–Crippen LogP) is 2.06. The molecule has 0 aliphatic carbocycles. The molecule has 0 unspecified atom stereocenters. The highest BCUT2D eigenvalue weighted by molar-refractivity contribution is 5.89. The number of carbonyl (C=O) groups excluding carboxylic acids is 1. The van der Waals surface area contributed by atoms with E-state index in [-0.39, 0.29) is 11.4 Å². The predicted molar refractivity (Wildman–Crippen MR) is 71.2 cm³/mol. The SMILES string of the molecule is CC(C)(C)c1ccc(NC(=O)NCCN)cc1. The van der Waals surface area contributed by atoms with E-state index in [0.29, 0.717) is 13.1 Å². The van der Waals surface area contributed by atoms with Crippen LogP contribution in [0.3, 0.4) is 0 Å². The summed E-state index contributed by atoms with van der Waals surface area (Å²) in [6, 6.07) is 7.64. The van der Waals surface area contributed by atoms with Crippen molar-refractivity contribution < 1.29 is 4.79 Å². The van der Waals surface area contributed by atoms with Gasteiger partial charge in [0.2, 0.25) is 0 Å². The highest BCUT2D eigenvalue weighted by Crippen LogP contribution is 2.23. The quantitative estimate of drug-likeness (QED) is 0.750. The molecule has 17 heavy (non-hydrogen) atoms. The van der Waals surface area contributed by atoms with Gasteiger partial charge in [-0.3, -0.25) is 0 Å². The first-order valence-corrected chi connectivity index (χ1v) is 5.79. The fourth-order valence-electron chi connectivity index (χ4n) is 1.41. The van der Waals surface area contributed by atoms with Gasteiger partial charge in [-0.25, -0.2) is 4.79 Å². The van der Waals surface area contributed by atoms with Crippen molar-refractivity contribution in [3.05, 3.63) is 29.8 Å². The van der Waals surface area contributed by atoms with Crippen LogP contribution in [0, 0.1) is 0 Å². The molecule has 4 nitrogen and oxygen atoms in total. The summed E-state index contributed by atoms with van der Waals surface area (Å²) in [5.41, 5.74) is 7.45. The van der Waals surface area contributed by atoms with Crippen LogP contribution in [0.15, 0.2) is 24.3 Å². The fourth-order valence-corrected chi connectivity index (χ4v) is 1.41. The van der Waals surface area contributed by atoms with E-state index in [4.69, 9.17) is 5.73 Å². The number of urea groups is 1. The molecule has 0 saturated heterocycles. The second-order valence-corrected chi connectivity index (χ2v) is 5.00. The van der Waals surface area contributed by atoms with Gasteiger partial charge in [-0.2, -0.15) is 0 Å². The van der Waals surface area contributed by atoms with E-state index >= 15 is 0 Å². The lowest BCUT2D eigenvalue weighted by atomic mass is 9.87. The molecule has 0 radical (unpaired) electrons. The highest BCUT2D eigenvalue weighted by Gasteiger charge is 2.12. The molecule has 1 aromatic carbocycles. The molecule has 2 amide bonds. The molecular formula is C13H21N3O. The van der Waals surface area contributed by atoms with E-state index in [1.165, 1.54) is 5.56 Å². The van der Waals surface area contributed by atoms with Gasteiger partial charge < -0.3 is 16.4 Å². The summed E-state index contributed by atoms with van der Waals surface area (Å²) in [5.74, 6) is 0. The van der Waals surface area contributed by atoms with Crippen LogP contribution in [0.1, 0.15) is 26.3 Å². The van der Waals surface area contributed by atoms with E-state index < -0.39 is 0 Å². The summed E-state index contributed by atoms with van der Waals surface area (Å²) in [7, 11) is 0. The molecule has 4 heteroatoms. The first kappa shape index (κ1) is 13.5. The molecule has 1 rings (SSSR count). The number of carbonyl (C=O) groups is 1. The minimum absolute atomic E-state index is 0.125. The first-order valence-electron chi connectivity index (χ1n) is 5.79. The molecule has 0 heterocycles. The van der Waals surface area contributed by atoms with Gasteiger partial charge in [0.25, 0.3) is 0 Å². The molecule has 0 spiro atoms. The Labute approximate surface area is 103 Å². The summed E-state index contributed by atoms with van der Waals surface area (Å²) >= 11 is 0. The molecule has 1 aromatic rings. The summed E-state index contributed by atoms with van der Waals surface area (Å²) in [6.07, 6.45) is 0. The average molecular weight is 235 g/mol. The van der Waals surface area contributed by atoms with Gasteiger partial charge in [0.05, 0.1) is 0 Å². The third-order valence-electron chi connectivity index (χ3n) is 2.44. The van der Waals surface area contributed by atoms with Crippen LogP contribution in [0.4, 0.5) is 10.5 Å². The van der Waals surface area contributed by atoms with Crippen LogP contribution >= 0.6 is 0 Å². The Bertz CT molecular complexity index is 365. The molecule has 0 aliphatic heterocycles. The van der Waals surface area contributed by atoms with Crippen molar-refractivity contribution in [2.24, 2.45) is 5.73 Å². The summed E-state index contributed by atoms with van der Waals surface area (Å²) in [5, 5.41) is 5.40. The lowest BCUT2D eigenvalue weighted by molar-refractivity contribution is 0.252. The van der Waals surface area contributed by atoms with Crippen LogP contribution in [0.2, 0.25) is 0 Å². The van der Waals surface area contributed by atoms with E-state index in [9.17, 15) is 4.79 Å². The van der Waals surface area contributed by atoms with Crippen molar-refractivity contribution >= 4 is 11.7 Å². The van der Waals surface area contributed by atoms with Crippen LogP contribution < -0.4 is 16.4 Å². The van der Waals surface area contributed by atoms with Gasteiger partial charge in [0.15, 0.2) is 0 Å². The van der Waals surface area contributed by atoms with Gasteiger partial charge >= 0.3 is 6.03 Å². The Morgan fingerprint density at radius 3 is 2.29 bits per heavy atom. The minimum atomic E-state index is -0.223. The van der Waals surface area contributed by atoms with Crippen molar-refractivity contribution in [2.75, 3.05) is 18.4 Å². The highest BCUT2D eigenvalue weighted by atomic mass is 16.2. The Balaban J connectivity index is 2.60. The Kier molecular flexibility index (Phi) is 4.52. The van der Waals surface area contributed by atoms with Gasteiger partial charge in [0, 0.05) is 18.8 Å². The standard InChI is InChI=1S/C13H21N3O/c1-13(2,3)10-4-6-11(7-5-10)16-12(17)15-9-8-14/h4-7H,8-9,14H2,1-3H3,(H2,15,16,17). The van der Waals surface area contributed by atoms with Gasteiger partial charge in [-0.1, -0.05) is 32.9 Å². The number of anilines is 1. The van der Waals surface area contributed by atoms with Gasteiger partial charge in [-0.05, 0) is 23.1 Å². The van der Waals surface area contributed by atoms with Crippen LogP contribution in [-0.4, -0.2) is 19.1 Å². The topological polar surface area (TPSA) is 67.2 Å². The number of nitrogens with two attached hydrogens (primary N) is 1. The van der Waals surface area contributed by atoms with E-state index in [2.05, 4.69) is 31.4 Å². The zero-order chi connectivity index (χ0) is 12.9. The summed E-state index contributed by atoms with van der Waals surface area (Å²) in [4.78, 5) is 11.4. The monoisotopic (exact) mass is 235 g/mol. The van der Waals surface area contributed by atoms with Crippen molar-refractivity contribution in [1.29, 1.82) is 0 Å². The largest absolute Gasteiger partial charge is 0.337 e. The second kappa shape index (κ2) is 5.68. The fraction of sp³-hybridized carbons (Fsp3) is 0.462. The third kappa shape index (κ3) is 4.44.